The fraction of sp³-hybridized carbons (Fsp3) is 0.200. The van der Waals surface area contributed by atoms with Crippen LogP contribution in [0.4, 0.5) is 0 Å². The Kier molecular flexibility index (Phi) is 3.16. The molecular weight excluding hydrogens is 297 g/mol. The standard InChI is InChI=1S/C10H7BrClNO3/c11-6-3-5(1-2-7(6)12)8-4-9(10(14)15)16-13-8/h1-3,9H,4H2,(H,14,15). The van der Waals surface area contributed by atoms with E-state index in [2.05, 4.69) is 21.1 Å². The van der Waals surface area contributed by atoms with Crippen molar-refractivity contribution in [1.82, 2.24) is 0 Å². The molecule has 1 unspecified atom stereocenters. The van der Waals surface area contributed by atoms with Crippen LogP contribution < -0.4 is 0 Å². The molecule has 84 valence electrons. The van der Waals surface area contributed by atoms with Crippen LogP contribution in [0.1, 0.15) is 12.0 Å². The van der Waals surface area contributed by atoms with Gasteiger partial charge in [-0.25, -0.2) is 4.79 Å². The monoisotopic (exact) mass is 303 g/mol. The molecule has 0 radical (unpaired) electrons. The van der Waals surface area contributed by atoms with Gasteiger partial charge in [-0.15, -0.1) is 0 Å². The molecule has 1 aliphatic rings. The highest BCUT2D eigenvalue weighted by atomic mass is 79.9. The van der Waals surface area contributed by atoms with Crippen molar-refractivity contribution in [1.29, 1.82) is 0 Å². The zero-order chi connectivity index (χ0) is 11.7. The van der Waals surface area contributed by atoms with Crippen molar-refractivity contribution in [2.75, 3.05) is 0 Å². The van der Waals surface area contributed by atoms with Crippen molar-refractivity contribution in [2.45, 2.75) is 12.5 Å². The topological polar surface area (TPSA) is 58.9 Å². The van der Waals surface area contributed by atoms with E-state index in [9.17, 15) is 4.79 Å². The molecule has 0 fully saturated rings. The number of nitrogens with zero attached hydrogens (tertiary/aromatic N) is 1. The number of carboxylic acids is 1. The summed E-state index contributed by atoms with van der Waals surface area (Å²) in [5, 5.41) is 13.1. The second-order valence-corrected chi connectivity index (χ2v) is 4.56. The summed E-state index contributed by atoms with van der Waals surface area (Å²) in [7, 11) is 0. The third-order valence-corrected chi connectivity index (χ3v) is 3.41. The molecular formula is C10H7BrClNO3. The second kappa shape index (κ2) is 4.43. The summed E-state index contributed by atoms with van der Waals surface area (Å²) < 4.78 is 0.744. The van der Waals surface area contributed by atoms with Crippen molar-refractivity contribution in [3.63, 3.8) is 0 Å². The van der Waals surface area contributed by atoms with Crippen LogP contribution in [0, 0.1) is 0 Å². The minimum atomic E-state index is -1.01. The molecule has 4 nitrogen and oxygen atoms in total. The maximum Gasteiger partial charge on any atom is 0.348 e. The molecule has 1 N–H and O–H groups in total. The first kappa shape index (κ1) is 11.4. The Labute approximate surface area is 105 Å². The third-order valence-electron chi connectivity index (χ3n) is 2.20. The summed E-state index contributed by atoms with van der Waals surface area (Å²) in [5.74, 6) is -1.01. The Bertz CT molecular complexity index is 475. The number of carbonyl (C=O) groups is 1. The molecule has 2 rings (SSSR count). The summed E-state index contributed by atoms with van der Waals surface area (Å²) in [6.07, 6.45) is -0.617. The summed E-state index contributed by atoms with van der Waals surface area (Å²) >= 11 is 9.15. The highest BCUT2D eigenvalue weighted by Gasteiger charge is 2.28. The lowest BCUT2D eigenvalue weighted by Gasteiger charge is -2.02. The summed E-state index contributed by atoms with van der Waals surface area (Å²) in [6, 6.07) is 5.28. The van der Waals surface area contributed by atoms with Crippen LogP contribution in [-0.2, 0) is 9.63 Å². The normalized spacial score (nSPS) is 19.1. The van der Waals surface area contributed by atoms with Crippen molar-refractivity contribution >= 4 is 39.2 Å². The molecule has 0 aromatic heterocycles. The molecule has 0 amide bonds. The molecule has 0 spiro atoms. The zero-order valence-corrected chi connectivity index (χ0v) is 10.3. The molecule has 6 heteroatoms. The number of carboxylic acid groups (broad SMARTS) is 1. The molecule has 0 saturated carbocycles. The van der Waals surface area contributed by atoms with Gasteiger partial charge in [-0.3, -0.25) is 0 Å². The number of rotatable bonds is 2. The van der Waals surface area contributed by atoms with Gasteiger partial charge >= 0.3 is 5.97 Å². The molecule has 1 heterocycles. The van der Waals surface area contributed by atoms with Crippen LogP contribution in [0.25, 0.3) is 0 Å². The quantitative estimate of drug-likeness (QED) is 0.914. The molecule has 1 aromatic carbocycles. The molecule has 1 aliphatic heterocycles. The van der Waals surface area contributed by atoms with Crippen molar-refractivity contribution in [3.05, 3.63) is 33.3 Å². The maximum absolute atomic E-state index is 10.7. The number of halogens is 2. The fourth-order valence-electron chi connectivity index (χ4n) is 1.36. The van der Waals surface area contributed by atoms with Gasteiger partial charge in [0.2, 0.25) is 6.10 Å². The predicted molar refractivity (Wildman–Crippen MR) is 62.8 cm³/mol. The average molecular weight is 305 g/mol. The number of benzene rings is 1. The smallest absolute Gasteiger partial charge is 0.348 e. The lowest BCUT2D eigenvalue weighted by molar-refractivity contribution is -0.148. The van der Waals surface area contributed by atoms with Crippen LogP contribution in [0.2, 0.25) is 5.02 Å². The minimum absolute atomic E-state index is 0.267. The molecule has 0 aliphatic carbocycles. The maximum atomic E-state index is 10.7. The van der Waals surface area contributed by atoms with Gasteiger partial charge in [0, 0.05) is 16.5 Å². The van der Waals surface area contributed by atoms with Gasteiger partial charge in [0.1, 0.15) is 0 Å². The third kappa shape index (κ3) is 2.20. The Morgan fingerprint density at radius 2 is 2.38 bits per heavy atom. The van der Waals surface area contributed by atoms with E-state index in [-0.39, 0.29) is 6.42 Å². The first-order valence-electron chi connectivity index (χ1n) is 4.49. The van der Waals surface area contributed by atoms with Crippen molar-refractivity contribution in [2.24, 2.45) is 5.16 Å². The van der Waals surface area contributed by atoms with E-state index >= 15 is 0 Å². The van der Waals surface area contributed by atoms with Gasteiger partial charge in [-0.05, 0) is 28.1 Å². The molecule has 1 atom stereocenters. The van der Waals surface area contributed by atoms with E-state index in [1.807, 2.05) is 0 Å². The van der Waals surface area contributed by atoms with Gasteiger partial charge in [0.25, 0.3) is 0 Å². The Morgan fingerprint density at radius 3 is 2.94 bits per heavy atom. The average Bonchev–Trinajstić information content (AvgIpc) is 2.71. The Balaban J connectivity index is 2.21. The first-order chi connectivity index (χ1) is 7.58. The van der Waals surface area contributed by atoms with Crippen LogP contribution >= 0.6 is 27.5 Å². The van der Waals surface area contributed by atoms with Gasteiger partial charge in [0.15, 0.2) is 0 Å². The van der Waals surface area contributed by atoms with E-state index in [4.69, 9.17) is 21.5 Å². The first-order valence-corrected chi connectivity index (χ1v) is 5.66. The largest absolute Gasteiger partial charge is 0.478 e. The van der Waals surface area contributed by atoms with E-state index in [0.717, 1.165) is 10.0 Å². The van der Waals surface area contributed by atoms with Crippen LogP contribution in [0.3, 0.4) is 0 Å². The lowest BCUT2D eigenvalue weighted by atomic mass is 10.1. The fourth-order valence-corrected chi connectivity index (χ4v) is 1.85. The number of oxime groups is 1. The summed E-state index contributed by atoms with van der Waals surface area (Å²) in [6.45, 7) is 0. The van der Waals surface area contributed by atoms with Gasteiger partial charge in [-0.2, -0.15) is 0 Å². The van der Waals surface area contributed by atoms with E-state index in [1.165, 1.54) is 0 Å². The number of hydrogen-bond acceptors (Lipinski definition) is 3. The van der Waals surface area contributed by atoms with Crippen LogP contribution in [-0.4, -0.2) is 22.9 Å². The summed E-state index contributed by atoms with van der Waals surface area (Å²) in [5.41, 5.74) is 1.42. The summed E-state index contributed by atoms with van der Waals surface area (Å²) in [4.78, 5) is 15.5. The zero-order valence-electron chi connectivity index (χ0n) is 7.98. The highest BCUT2D eigenvalue weighted by molar-refractivity contribution is 9.10. The van der Waals surface area contributed by atoms with Crippen molar-refractivity contribution < 1.29 is 14.7 Å². The van der Waals surface area contributed by atoms with Crippen molar-refractivity contribution in [3.8, 4) is 0 Å². The Morgan fingerprint density at radius 1 is 1.62 bits per heavy atom. The number of hydrogen-bond donors (Lipinski definition) is 1. The Hall–Kier alpha value is -1.07. The van der Waals surface area contributed by atoms with Gasteiger partial charge < -0.3 is 9.94 Å². The lowest BCUT2D eigenvalue weighted by Crippen LogP contribution is -2.19. The van der Waals surface area contributed by atoms with Gasteiger partial charge in [-0.1, -0.05) is 22.8 Å². The SMILES string of the molecule is O=C(O)C1CC(c2ccc(Cl)c(Br)c2)=NO1. The predicted octanol–water partition coefficient (Wildman–Crippen LogP) is 2.68. The van der Waals surface area contributed by atoms with E-state index in [1.54, 1.807) is 18.2 Å². The highest BCUT2D eigenvalue weighted by Crippen LogP contribution is 2.25. The molecule has 0 bridgehead atoms. The van der Waals surface area contributed by atoms with E-state index in [0.29, 0.717) is 10.7 Å². The molecule has 16 heavy (non-hydrogen) atoms. The van der Waals surface area contributed by atoms with Crippen LogP contribution in [0.5, 0.6) is 0 Å². The van der Waals surface area contributed by atoms with Gasteiger partial charge in [0.05, 0.1) is 10.7 Å². The van der Waals surface area contributed by atoms with E-state index < -0.39 is 12.1 Å². The molecule has 0 saturated heterocycles. The minimum Gasteiger partial charge on any atom is -0.478 e. The number of aliphatic carboxylic acids is 1. The second-order valence-electron chi connectivity index (χ2n) is 3.30. The molecule has 1 aromatic rings. The van der Waals surface area contributed by atoms with Crippen LogP contribution in [0.15, 0.2) is 27.8 Å².